The van der Waals surface area contributed by atoms with Gasteiger partial charge in [0.05, 0.1) is 0 Å². The molecule has 0 atom stereocenters. The van der Waals surface area contributed by atoms with Gasteiger partial charge in [0.1, 0.15) is 5.78 Å². The maximum Gasteiger partial charge on any atom is 0.130 e. The van der Waals surface area contributed by atoms with Crippen LogP contribution in [0.25, 0.3) is 0 Å². The average Bonchev–Trinajstić information content (AvgIpc) is 1.57. The summed E-state index contributed by atoms with van der Waals surface area (Å²) in [7, 11) is 0. The zero-order valence-corrected chi connectivity index (χ0v) is 7.11. The van der Waals surface area contributed by atoms with Crippen molar-refractivity contribution >= 4 is 5.78 Å². The molecule has 0 aromatic rings. The van der Waals surface area contributed by atoms with Gasteiger partial charge in [-0.1, -0.05) is 13.8 Å². The predicted molar refractivity (Wildman–Crippen MR) is 41.8 cm³/mol. The Morgan fingerprint density at radius 2 is 2.00 bits per heavy atom. The third-order valence-corrected chi connectivity index (χ3v) is 2.26. The van der Waals surface area contributed by atoms with Crippen molar-refractivity contribution in [2.45, 2.75) is 40.0 Å². The molecule has 1 saturated carbocycles. The maximum atomic E-state index is 10.7. The van der Waals surface area contributed by atoms with E-state index in [1.807, 2.05) is 0 Å². The summed E-state index contributed by atoms with van der Waals surface area (Å²) >= 11 is 0. The molecule has 10 heavy (non-hydrogen) atoms. The smallest absolute Gasteiger partial charge is 0.130 e. The molecular weight excluding hydrogens is 124 g/mol. The third-order valence-electron chi connectivity index (χ3n) is 2.26. The summed E-state index contributed by atoms with van der Waals surface area (Å²) in [6, 6.07) is 0. The summed E-state index contributed by atoms with van der Waals surface area (Å²) in [6.45, 7) is 6.22. The minimum Gasteiger partial charge on any atom is -0.300 e. The van der Waals surface area contributed by atoms with E-state index >= 15 is 0 Å². The molecule has 0 saturated heterocycles. The first kappa shape index (κ1) is 7.77. The van der Waals surface area contributed by atoms with E-state index in [1.54, 1.807) is 6.92 Å². The Morgan fingerprint density at radius 3 is 2.30 bits per heavy atom. The highest BCUT2D eigenvalue weighted by Gasteiger charge is 2.35. The van der Waals surface area contributed by atoms with Gasteiger partial charge in [0, 0.05) is 6.42 Å². The number of carbonyl (C=O) groups is 1. The number of ketones is 1. The molecule has 0 spiro atoms. The summed E-state index contributed by atoms with van der Waals surface area (Å²) in [5.41, 5.74) is 0.528. The van der Waals surface area contributed by atoms with Gasteiger partial charge < -0.3 is 4.79 Å². The second-order valence-electron chi connectivity index (χ2n) is 4.34. The Bertz CT molecular complexity index is 139. The van der Waals surface area contributed by atoms with Crippen LogP contribution in [0.5, 0.6) is 0 Å². The molecule has 0 N–H and O–H groups in total. The number of carbonyl (C=O) groups excluding carboxylic acids is 1. The van der Waals surface area contributed by atoms with Crippen molar-refractivity contribution in [3.05, 3.63) is 0 Å². The standard InChI is InChI=1S/C9H16O/c1-7(10)4-8-5-9(2,3)6-8/h8H,4-6H2,1-3H3. The van der Waals surface area contributed by atoms with Crippen molar-refractivity contribution in [3.63, 3.8) is 0 Å². The van der Waals surface area contributed by atoms with Gasteiger partial charge in [-0.2, -0.15) is 0 Å². The molecular formula is C9H16O. The molecule has 1 aliphatic rings. The summed E-state index contributed by atoms with van der Waals surface area (Å²) < 4.78 is 0. The van der Waals surface area contributed by atoms with Gasteiger partial charge in [0.2, 0.25) is 0 Å². The molecule has 0 heterocycles. The number of rotatable bonds is 2. The normalized spacial score (nSPS) is 23.9. The molecule has 1 aliphatic carbocycles. The SMILES string of the molecule is CC(=O)CC1CC(C)(C)C1. The first-order valence-electron chi connectivity index (χ1n) is 3.99. The van der Waals surface area contributed by atoms with Crippen LogP contribution < -0.4 is 0 Å². The van der Waals surface area contributed by atoms with E-state index in [0.29, 0.717) is 17.1 Å². The molecule has 0 aromatic carbocycles. The predicted octanol–water partition coefficient (Wildman–Crippen LogP) is 2.40. The summed E-state index contributed by atoms with van der Waals surface area (Å²) in [6.07, 6.45) is 3.29. The van der Waals surface area contributed by atoms with E-state index in [9.17, 15) is 4.79 Å². The average molecular weight is 140 g/mol. The first-order valence-corrected chi connectivity index (χ1v) is 3.99. The first-order chi connectivity index (χ1) is 4.49. The van der Waals surface area contributed by atoms with E-state index in [1.165, 1.54) is 12.8 Å². The number of Topliss-reactive ketones (excluding diaryl/α,β-unsaturated/α-hetero) is 1. The number of hydrogen-bond acceptors (Lipinski definition) is 1. The number of hydrogen-bond donors (Lipinski definition) is 0. The lowest BCUT2D eigenvalue weighted by Gasteiger charge is -2.42. The Hall–Kier alpha value is -0.330. The highest BCUT2D eigenvalue weighted by Crippen LogP contribution is 2.46. The zero-order valence-electron chi connectivity index (χ0n) is 7.11. The van der Waals surface area contributed by atoms with E-state index in [-0.39, 0.29) is 0 Å². The summed E-state index contributed by atoms with van der Waals surface area (Å²) in [5, 5.41) is 0. The fraction of sp³-hybridized carbons (Fsp3) is 0.889. The fourth-order valence-corrected chi connectivity index (χ4v) is 2.05. The molecule has 1 rings (SSSR count). The zero-order chi connectivity index (χ0) is 7.78. The van der Waals surface area contributed by atoms with Crippen molar-refractivity contribution < 1.29 is 4.79 Å². The molecule has 1 heteroatoms. The van der Waals surface area contributed by atoms with Crippen LogP contribution in [-0.4, -0.2) is 5.78 Å². The van der Waals surface area contributed by atoms with Crippen LogP contribution in [-0.2, 0) is 4.79 Å². The van der Waals surface area contributed by atoms with Gasteiger partial charge in [-0.3, -0.25) is 0 Å². The molecule has 1 nitrogen and oxygen atoms in total. The van der Waals surface area contributed by atoms with Crippen molar-refractivity contribution in [1.29, 1.82) is 0 Å². The van der Waals surface area contributed by atoms with Gasteiger partial charge in [-0.25, -0.2) is 0 Å². The fourth-order valence-electron chi connectivity index (χ4n) is 2.05. The van der Waals surface area contributed by atoms with Crippen LogP contribution in [0.2, 0.25) is 0 Å². The largest absolute Gasteiger partial charge is 0.300 e. The molecule has 0 radical (unpaired) electrons. The van der Waals surface area contributed by atoms with E-state index in [4.69, 9.17) is 0 Å². The lowest BCUT2D eigenvalue weighted by atomic mass is 9.63. The Balaban J connectivity index is 2.21. The van der Waals surface area contributed by atoms with Crippen LogP contribution in [0.1, 0.15) is 40.0 Å². The lowest BCUT2D eigenvalue weighted by Crippen LogP contribution is -2.32. The highest BCUT2D eigenvalue weighted by molar-refractivity contribution is 5.75. The topological polar surface area (TPSA) is 17.1 Å². The van der Waals surface area contributed by atoms with Crippen molar-refractivity contribution in [2.24, 2.45) is 11.3 Å². The molecule has 1 fully saturated rings. The van der Waals surface area contributed by atoms with Gasteiger partial charge in [-0.15, -0.1) is 0 Å². The second-order valence-corrected chi connectivity index (χ2v) is 4.34. The molecule has 0 aliphatic heterocycles. The summed E-state index contributed by atoms with van der Waals surface area (Å²) in [4.78, 5) is 10.7. The maximum absolute atomic E-state index is 10.7. The minimum absolute atomic E-state index is 0.348. The molecule has 0 unspecified atom stereocenters. The van der Waals surface area contributed by atoms with Crippen LogP contribution in [0.4, 0.5) is 0 Å². The molecule has 58 valence electrons. The molecule has 0 bridgehead atoms. The van der Waals surface area contributed by atoms with Gasteiger partial charge in [-0.05, 0) is 31.1 Å². The van der Waals surface area contributed by atoms with Crippen LogP contribution in [0.3, 0.4) is 0 Å². The van der Waals surface area contributed by atoms with Crippen molar-refractivity contribution in [3.8, 4) is 0 Å². The quantitative estimate of drug-likeness (QED) is 0.575. The highest BCUT2D eigenvalue weighted by atomic mass is 16.1. The molecule has 0 aromatic heterocycles. The van der Waals surface area contributed by atoms with Crippen molar-refractivity contribution in [1.82, 2.24) is 0 Å². The van der Waals surface area contributed by atoms with Crippen LogP contribution in [0, 0.1) is 11.3 Å². The Morgan fingerprint density at radius 1 is 1.50 bits per heavy atom. The van der Waals surface area contributed by atoms with Gasteiger partial charge >= 0.3 is 0 Å². The van der Waals surface area contributed by atoms with Crippen LogP contribution >= 0.6 is 0 Å². The third kappa shape index (κ3) is 1.83. The Labute approximate surface area is 62.8 Å². The Kier molecular flexibility index (Phi) is 1.84. The summed E-state index contributed by atoms with van der Waals surface area (Å²) in [5.74, 6) is 1.05. The van der Waals surface area contributed by atoms with E-state index < -0.39 is 0 Å². The van der Waals surface area contributed by atoms with E-state index in [2.05, 4.69) is 13.8 Å². The van der Waals surface area contributed by atoms with Crippen LogP contribution in [0.15, 0.2) is 0 Å². The van der Waals surface area contributed by atoms with Gasteiger partial charge in [0.25, 0.3) is 0 Å². The van der Waals surface area contributed by atoms with Gasteiger partial charge in [0.15, 0.2) is 0 Å². The van der Waals surface area contributed by atoms with E-state index in [0.717, 1.165) is 6.42 Å². The monoisotopic (exact) mass is 140 g/mol. The lowest BCUT2D eigenvalue weighted by molar-refractivity contribution is -0.119. The van der Waals surface area contributed by atoms with Crippen molar-refractivity contribution in [2.75, 3.05) is 0 Å². The molecule has 0 amide bonds. The second kappa shape index (κ2) is 2.37. The minimum atomic E-state index is 0.348.